The van der Waals surface area contributed by atoms with Gasteiger partial charge in [-0.1, -0.05) is 35.3 Å². The number of piperazine rings is 1. The van der Waals surface area contributed by atoms with Crippen LogP contribution < -0.4 is 4.90 Å². The smallest absolute Gasteiger partial charge is 0.254 e. The number of carbonyl (C=O) groups is 2. The fourth-order valence-corrected chi connectivity index (χ4v) is 3.29. The van der Waals surface area contributed by atoms with E-state index < -0.39 is 6.04 Å². The summed E-state index contributed by atoms with van der Waals surface area (Å²) >= 11 is 11.9. The molecule has 0 N–H and O–H groups in total. The summed E-state index contributed by atoms with van der Waals surface area (Å²) in [5.74, 6) is -0.312. The maximum absolute atomic E-state index is 12.8. The average molecular weight is 377 g/mol. The normalized spacial score (nSPS) is 17.8. The number of aryl methyl sites for hydroxylation is 1. The lowest BCUT2D eigenvalue weighted by molar-refractivity contribution is -0.124. The fraction of sp³-hybridized carbons (Fsp3) is 0.263. The summed E-state index contributed by atoms with van der Waals surface area (Å²) in [4.78, 5) is 28.9. The zero-order valence-electron chi connectivity index (χ0n) is 14.0. The maximum Gasteiger partial charge on any atom is 0.254 e. The molecule has 2 aromatic rings. The van der Waals surface area contributed by atoms with E-state index in [9.17, 15) is 9.59 Å². The molecule has 3 rings (SSSR count). The monoisotopic (exact) mass is 376 g/mol. The first kappa shape index (κ1) is 17.8. The number of nitrogens with zero attached hydrogens (tertiary/aromatic N) is 2. The van der Waals surface area contributed by atoms with Crippen molar-refractivity contribution in [3.05, 3.63) is 63.6 Å². The largest absolute Gasteiger partial charge is 0.325 e. The van der Waals surface area contributed by atoms with E-state index in [4.69, 9.17) is 23.2 Å². The van der Waals surface area contributed by atoms with Crippen LogP contribution >= 0.6 is 23.2 Å². The molecule has 0 saturated carbocycles. The summed E-state index contributed by atoms with van der Waals surface area (Å²) in [6.45, 7) is 4.65. The molecule has 0 aromatic heterocycles. The predicted molar refractivity (Wildman–Crippen MR) is 100 cm³/mol. The molecule has 0 aliphatic carbocycles. The highest BCUT2D eigenvalue weighted by atomic mass is 35.5. The van der Waals surface area contributed by atoms with Gasteiger partial charge in [0.15, 0.2) is 0 Å². The molecule has 2 aromatic carbocycles. The van der Waals surface area contributed by atoms with Crippen LogP contribution in [0.1, 0.15) is 22.8 Å². The number of amides is 2. The lowest BCUT2D eigenvalue weighted by Crippen LogP contribution is -2.57. The fourth-order valence-electron chi connectivity index (χ4n) is 3.00. The third kappa shape index (κ3) is 3.51. The Morgan fingerprint density at radius 3 is 2.52 bits per heavy atom. The van der Waals surface area contributed by atoms with E-state index in [1.807, 2.05) is 31.2 Å². The van der Waals surface area contributed by atoms with Crippen LogP contribution in [0, 0.1) is 6.92 Å². The minimum atomic E-state index is -0.545. The van der Waals surface area contributed by atoms with Crippen molar-refractivity contribution < 1.29 is 9.59 Å². The van der Waals surface area contributed by atoms with E-state index in [2.05, 4.69) is 0 Å². The highest BCUT2D eigenvalue weighted by Gasteiger charge is 2.35. The quantitative estimate of drug-likeness (QED) is 0.788. The van der Waals surface area contributed by atoms with Crippen LogP contribution in [0.3, 0.4) is 0 Å². The van der Waals surface area contributed by atoms with Crippen LogP contribution in [0.2, 0.25) is 10.0 Å². The van der Waals surface area contributed by atoms with Gasteiger partial charge in [-0.25, -0.2) is 0 Å². The predicted octanol–water partition coefficient (Wildman–Crippen LogP) is 4.18. The first-order chi connectivity index (χ1) is 11.9. The lowest BCUT2D eigenvalue weighted by Gasteiger charge is -2.39. The SMILES string of the molecule is Cc1cccc(N2CCN(C(=O)c3ccc(Cl)c(Cl)c3)[C@H](C)C2=O)c1. The molecule has 130 valence electrons. The van der Waals surface area contributed by atoms with Gasteiger partial charge in [0, 0.05) is 24.3 Å². The van der Waals surface area contributed by atoms with E-state index in [-0.39, 0.29) is 11.8 Å². The van der Waals surface area contributed by atoms with Crippen molar-refractivity contribution in [1.29, 1.82) is 0 Å². The lowest BCUT2D eigenvalue weighted by atomic mass is 10.1. The van der Waals surface area contributed by atoms with Gasteiger partial charge < -0.3 is 9.80 Å². The topological polar surface area (TPSA) is 40.6 Å². The van der Waals surface area contributed by atoms with Gasteiger partial charge >= 0.3 is 0 Å². The first-order valence-corrected chi connectivity index (χ1v) is 8.78. The summed E-state index contributed by atoms with van der Waals surface area (Å²) in [6.07, 6.45) is 0. The second-order valence-corrected chi connectivity index (χ2v) is 6.95. The minimum Gasteiger partial charge on any atom is -0.325 e. The number of rotatable bonds is 2. The van der Waals surface area contributed by atoms with Gasteiger partial charge in [-0.15, -0.1) is 0 Å². The Hall–Kier alpha value is -2.04. The van der Waals surface area contributed by atoms with Crippen molar-refractivity contribution >= 4 is 40.7 Å². The van der Waals surface area contributed by atoms with Gasteiger partial charge in [-0.3, -0.25) is 9.59 Å². The Morgan fingerprint density at radius 2 is 1.84 bits per heavy atom. The number of anilines is 1. The molecule has 1 atom stereocenters. The number of benzene rings is 2. The summed E-state index contributed by atoms with van der Waals surface area (Å²) in [5.41, 5.74) is 2.38. The van der Waals surface area contributed by atoms with Gasteiger partial charge in [0.05, 0.1) is 10.0 Å². The van der Waals surface area contributed by atoms with Gasteiger partial charge in [0.1, 0.15) is 6.04 Å². The van der Waals surface area contributed by atoms with Crippen molar-refractivity contribution in [2.45, 2.75) is 19.9 Å². The second-order valence-electron chi connectivity index (χ2n) is 6.13. The zero-order valence-corrected chi connectivity index (χ0v) is 15.5. The van der Waals surface area contributed by atoms with Crippen LogP contribution in [-0.4, -0.2) is 35.8 Å². The van der Waals surface area contributed by atoms with Gasteiger partial charge in [0.2, 0.25) is 5.91 Å². The molecule has 0 radical (unpaired) electrons. The van der Waals surface area contributed by atoms with Crippen LogP contribution in [0.5, 0.6) is 0 Å². The van der Waals surface area contributed by atoms with Crippen molar-refractivity contribution in [3.8, 4) is 0 Å². The number of hydrogen-bond donors (Lipinski definition) is 0. The molecule has 1 heterocycles. The van der Waals surface area contributed by atoms with Crippen LogP contribution in [0.4, 0.5) is 5.69 Å². The van der Waals surface area contributed by atoms with Crippen LogP contribution in [0.15, 0.2) is 42.5 Å². The molecule has 2 amide bonds. The third-order valence-corrected chi connectivity index (χ3v) is 5.14. The summed E-state index contributed by atoms with van der Waals surface area (Å²) in [6, 6.07) is 12.0. The Balaban J connectivity index is 1.81. The average Bonchev–Trinajstić information content (AvgIpc) is 2.59. The van der Waals surface area contributed by atoms with E-state index in [0.29, 0.717) is 28.7 Å². The second kappa shape index (κ2) is 7.06. The van der Waals surface area contributed by atoms with E-state index in [1.54, 1.807) is 28.9 Å². The van der Waals surface area contributed by atoms with Gasteiger partial charge in [-0.2, -0.15) is 0 Å². The van der Waals surface area contributed by atoms with Crippen LogP contribution in [0.25, 0.3) is 0 Å². The van der Waals surface area contributed by atoms with Crippen molar-refractivity contribution in [3.63, 3.8) is 0 Å². The van der Waals surface area contributed by atoms with E-state index in [0.717, 1.165) is 11.3 Å². The Kier molecular flexibility index (Phi) is 5.02. The van der Waals surface area contributed by atoms with Gasteiger partial charge in [-0.05, 0) is 49.7 Å². The molecule has 0 bridgehead atoms. The van der Waals surface area contributed by atoms with E-state index >= 15 is 0 Å². The standard InChI is InChI=1S/C19H18Cl2N2O2/c1-12-4-3-5-15(10-12)23-9-8-22(13(2)18(23)24)19(25)14-6-7-16(20)17(21)11-14/h3-7,10-11,13H,8-9H2,1-2H3/t13-/m1/s1. The molecule has 4 nitrogen and oxygen atoms in total. The zero-order chi connectivity index (χ0) is 18.1. The number of halogens is 2. The molecule has 0 spiro atoms. The molecule has 25 heavy (non-hydrogen) atoms. The first-order valence-electron chi connectivity index (χ1n) is 8.02. The molecule has 1 aliphatic rings. The number of hydrogen-bond acceptors (Lipinski definition) is 2. The summed E-state index contributed by atoms with van der Waals surface area (Å²) in [7, 11) is 0. The Morgan fingerprint density at radius 1 is 1.08 bits per heavy atom. The van der Waals surface area contributed by atoms with Crippen LogP contribution in [-0.2, 0) is 4.79 Å². The molecular formula is C19H18Cl2N2O2. The Labute approximate surface area is 156 Å². The maximum atomic E-state index is 12.8. The molecule has 6 heteroatoms. The highest BCUT2D eigenvalue weighted by molar-refractivity contribution is 6.42. The third-order valence-electron chi connectivity index (χ3n) is 4.40. The van der Waals surface area contributed by atoms with Crippen molar-refractivity contribution in [2.24, 2.45) is 0 Å². The molecular weight excluding hydrogens is 359 g/mol. The molecule has 1 aliphatic heterocycles. The molecule has 0 unspecified atom stereocenters. The van der Waals surface area contributed by atoms with Crippen molar-refractivity contribution in [1.82, 2.24) is 4.90 Å². The molecule has 1 fully saturated rings. The number of carbonyl (C=O) groups excluding carboxylic acids is 2. The van der Waals surface area contributed by atoms with Gasteiger partial charge in [0.25, 0.3) is 5.91 Å². The van der Waals surface area contributed by atoms with Crippen molar-refractivity contribution in [2.75, 3.05) is 18.0 Å². The molecule has 1 saturated heterocycles. The van der Waals surface area contributed by atoms with E-state index in [1.165, 1.54) is 6.07 Å². The highest BCUT2D eigenvalue weighted by Crippen LogP contribution is 2.26. The summed E-state index contributed by atoms with van der Waals surface area (Å²) in [5, 5.41) is 0.719. The minimum absolute atomic E-state index is 0.0924. The Bertz CT molecular complexity index is 838. The summed E-state index contributed by atoms with van der Waals surface area (Å²) < 4.78 is 0.